The van der Waals surface area contributed by atoms with Gasteiger partial charge in [-0.15, -0.1) is 10.2 Å². The highest BCUT2D eigenvalue weighted by atomic mass is 16.1. The van der Waals surface area contributed by atoms with Gasteiger partial charge in [-0.05, 0) is 5.92 Å². The van der Waals surface area contributed by atoms with Crippen molar-refractivity contribution in [3.63, 3.8) is 0 Å². The second-order valence-corrected chi connectivity index (χ2v) is 5.16. The van der Waals surface area contributed by atoms with Gasteiger partial charge < -0.3 is 14.5 Å². The van der Waals surface area contributed by atoms with Gasteiger partial charge in [0.2, 0.25) is 0 Å². The normalized spacial score (nSPS) is 11.0. The third-order valence-electron chi connectivity index (χ3n) is 2.92. The van der Waals surface area contributed by atoms with Crippen LogP contribution >= 0.6 is 0 Å². The molecule has 0 saturated carbocycles. The molecule has 7 heteroatoms. The second kappa shape index (κ2) is 6.31. The van der Waals surface area contributed by atoms with Crippen molar-refractivity contribution in [2.24, 2.45) is 13.0 Å². The van der Waals surface area contributed by atoms with Crippen molar-refractivity contribution in [2.75, 3.05) is 11.9 Å². The molecule has 2 rings (SSSR count). The van der Waals surface area contributed by atoms with E-state index in [1.165, 1.54) is 0 Å². The lowest BCUT2D eigenvalue weighted by molar-refractivity contribution is 0.509. The van der Waals surface area contributed by atoms with E-state index in [9.17, 15) is 4.79 Å². The maximum Gasteiger partial charge on any atom is 0.293 e. The summed E-state index contributed by atoms with van der Waals surface area (Å²) in [4.78, 5) is 16.3. The van der Waals surface area contributed by atoms with Gasteiger partial charge >= 0.3 is 0 Å². The fourth-order valence-corrected chi connectivity index (χ4v) is 1.93. The zero-order valence-corrected chi connectivity index (χ0v) is 12.1. The van der Waals surface area contributed by atoms with Gasteiger partial charge in [-0.3, -0.25) is 4.79 Å². The third kappa shape index (κ3) is 3.43. The lowest BCUT2D eigenvalue weighted by atomic mass is 10.2. The molecule has 7 nitrogen and oxygen atoms in total. The molecule has 2 aromatic rings. The van der Waals surface area contributed by atoms with Crippen LogP contribution in [-0.2, 0) is 20.0 Å². The van der Waals surface area contributed by atoms with Crippen LogP contribution in [0.4, 0.5) is 5.82 Å². The van der Waals surface area contributed by atoms with Gasteiger partial charge in [-0.2, -0.15) is 0 Å². The SMILES string of the molecule is CC(C)Cn1ccnc(NCCc2nncn2C)c1=O. The summed E-state index contributed by atoms with van der Waals surface area (Å²) >= 11 is 0. The molecule has 1 N–H and O–H groups in total. The van der Waals surface area contributed by atoms with Crippen LogP contribution in [0.2, 0.25) is 0 Å². The molecule has 0 unspecified atom stereocenters. The van der Waals surface area contributed by atoms with Crippen LogP contribution in [0.3, 0.4) is 0 Å². The molecule has 0 radical (unpaired) electrons. The van der Waals surface area contributed by atoms with E-state index in [4.69, 9.17) is 0 Å². The van der Waals surface area contributed by atoms with Crippen LogP contribution in [0.15, 0.2) is 23.5 Å². The molecule has 108 valence electrons. The summed E-state index contributed by atoms with van der Waals surface area (Å²) in [5.41, 5.74) is -0.0841. The van der Waals surface area contributed by atoms with Crippen molar-refractivity contribution in [1.29, 1.82) is 0 Å². The second-order valence-electron chi connectivity index (χ2n) is 5.16. The van der Waals surface area contributed by atoms with Crippen molar-refractivity contribution in [3.8, 4) is 0 Å². The molecule has 0 amide bonds. The maximum absolute atomic E-state index is 12.2. The quantitative estimate of drug-likeness (QED) is 0.839. The highest BCUT2D eigenvalue weighted by molar-refractivity contribution is 5.30. The summed E-state index contributed by atoms with van der Waals surface area (Å²) in [6, 6.07) is 0. The Kier molecular flexibility index (Phi) is 4.49. The molecule has 0 aliphatic heterocycles. The van der Waals surface area contributed by atoms with Crippen molar-refractivity contribution in [3.05, 3.63) is 34.9 Å². The third-order valence-corrected chi connectivity index (χ3v) is 2.92. The number of aryl methyl sites for hydroxylation is 1. The smallest absolute Gasteiger partial charge is 0.293 e. The van der Waals surface area contributed by atoms with Gasteiger partial charge in [-0.25, -0.2) is 4.98 Å². The van der Waals surface area contributed by atoms with Crippen LogP contribution in [0.5, 0.6) is 0 Å². The molecule has 0 spiro atoms. The fourth-order valence-electron chi connectivity index (χ4n) is 1.93. The van der Waals surface area contributed by atoms with Crippen molar-refractivity contribution in [2.45, 2.75) is 26.8 Å². The van der Waals surface area contributed by atoms with E-state index in [2.05, 4.69) is 34.3 Å². The van der Waals surface area contributed by atoms with Gasteiger partial charge in [0.05, 0.1) is 0 Å². The molecule has 2 aromatic heterocycles. The Morgan fingerprint density at radius 2 is 2.20 bits per heavy atom. The van der Waals surface area contributed by atoms with Crippen LogP contribution < -0.4 is 10.9 Å². The predicted octanol–water partition coefficient (Wildman–Crippen LogP) is 0.682. The Hall–Kier alpha value is -2.18. The first-order chi connectivity index (χ1) is 9.58. The average molecular weight is 276 g/mol. The number of rotatable bonds is 6. The molecule has 0 aromatic carbocycles. The minimum atomic E-state index is -0.0841. The molecule has 0 atom stereocenters. The molecule has 0 saturated heterocycles. The van der Waals surface area contributed by atoms with Crippen molar-refractivity contribution < 1.29 is 0 Å². The van der Waals surface area contributed by atoms with Crippen LogP contribution in [0.25, 0.3) is 0 Å². The molecule has 20 heavy (non-hydrogen) atoms. The van der Waals surface area contributed by atoms with E-state index in [1.807, 2.05) is 11.6 Å². The van der Waals surface area contributed by atoms with Gasteiger partial charge in [0, 0.05) is 39.0 Å². The van der Waals surface area contributed by atoms with E-state index in [0.29, 0.717) is 31.2 Å². The van der Waals surface area contributed by atoms with Gasteiger partial charge in [0.25, 0.3) is 5.56 Å². The number of hydrogen-bond donors (Lipinski definition) is 1. The van der Waals surface area contributed by atoms with Crippen molar-refractivity contribution >= 4 is 5.82 Å². The minimum Gasteiger partial charge on any atom is -0.365 e. The summed E-state index contributed by atoms with van der Waals surface area (Å²) < 4.78 is 3.54. The van der Waals surface area contributed by atoms with E-state index in [-0.39, 0.29) is 5.56 Å². The molecule has 2 heterocycles. The predicted molar refractivity (Wildman–Crippen MR) is 76.5 cm³/mol. The largest absolute Gasteiger partial charge is 0.365 e. The minimum absolute atomic E-state index is 0.0841. The Morgan fingerprint density at radius 3 is 2.85 bits per heavy atom. The maximum atomic E-state index is 12.2. The molecule has 0 aliphatic carbocycles. The molecular weight excluding hydrogens is 256 g/mol. The first-order valence-electron chi connectivity index (χ1n) is 6.70. The van der Waals surface area contributed by atoms with E-state index >= 15 is 0 Å². The molecule has 0 fully saturated rings. The van der Waals surface area contributed by atoms with Gasteiger partial charge in [-0.1, -0.05) is 13.8 Å². The lowest BCUT2D eigenvalue weighted by Gasteiger charge is -2.10. The summed E-state index contributed by atoms with van der Waals surface area (Å²) in [5, 5.41) is 10.9. The topological polar surface area (TPSA) is 77.6 Å². The summed E-state index contributed by atoms with van der Waals surface area (Å²) in [7, 11) is 1.89. The highest BCUT2D eigenvalue weighted by Crippen LogP contribution is 1.99. The zero-order chi connectivity index (χ0) is 14.5. The average Bonchev–Trinajstić information content (AvgIpc) is 2.79. The summed E-state index contributed by atoms with van der Waals surface area (Å²) in [5.74, 6) is 1.67. The van der Waals surface area contributed by atoms with Gasteiger partial charge in [0.15, 0.2) is 5.82 Å². The van der Waals surface area contributed by atoms with Crippen LogP contribution in [-0.4, -0.2) is 30.9 Å². The van der Waals surface area contributed by atoms with Crippen LogP contribution in [0, 0.1) is 5.92 Å². The fraction of sp³-hybridized carbons (Fsp3) is 0.538. The number of anilines is 1. The zero-order valence-electron chi connectivity index (χ0n) is 12.1. The number of aromatic nitrogens is 5. The molecular formula is C13H20N6O. The number of nitrogens with zero attached hydrogens (tertiary/aromatic N) is 5. The Morgan fingerprint density at radius 1 is 1.40 bits per heavy atom. The summed E-state index contributed by atoms with van der Waals surface area (Å²) in [6.07, 6.45) is 5.72. The Labute approximate surface area is 117 Å². The van der Waals surface area contributed by atoms with E-state index in [1.54, 1.807) is 23.3 Å². The first kappa shape index (κ1) is 14.2. The van der Waals surface area contributed by atoms with Crippen molar-refractivity contribution in [1.82, 2.24) is 24.3 Å². The van der Waals surface area contributed by atoms with E-state index < -0.39 is 0 Å². The van der Waals surface area contributed by atoms with E-state index in [0.717, 1.165) is 5.82 Å². The number of nitrogens with one attached hydrogen (secondary N) is 1. The highest BCUT2D eigenvalue weighted by Gasteiger charge is 2.06. The molecule has 0 aliphatic rings. The monoisotopic (exact) mass is 276 g/mol. The first-order valence-corrected chi connectivity index (χ1v) is 6.70. The Bertz CT molecular complexity index is 615. The standard InChI is InChI=1S/C13H20N6O/c1-10(2)8-19-7-6-15-12(13(19)20)14-5-4-11-17-16-9-18(11)3/h6-7,9-10H,4-5,8H2,1-3H3,(H,14,15). The Balaban J connectivity index is 1.99. The molecule has 0 bridgehead atoms. The number of hydrogen-bond acceptors (Lipinski definition) is 5. The lowest BCUT2D eigenvalue weighted by Crippen LogP contribution is -2.26. The van der Waals surface area contributed by atoms with Crippen LogP contribution in [0.1, 0.15) is 19.7 Å². The van der Waals surface area contributed by atoms with Gasteiger partial charge in [0.1, 0.15) is 12.2 Å². The summed E-state index contributed by atoms with van der Waals surface area (Å²) in [6.45, 7) is 5.45.